The number of amides is 1. The van der Waals surface area contributed by atoms with Crippen molar-refractivity contribution in [3.63, 3.8) is 0 Å². The van der Waals surface area contributed by atoms with Gasteiger partial charge in [-0.2, -0.15) is 5.10 Å². The van der Waals surface area contributed by atoms with Crippen LogP contribution in [0.4, 0.5) is 5.13 Å². The van der Waals surface area contributed by atoms with Crippen LogP contribution in [-0.2, 0) is 11.8 Å². The SMILES string of the molecule is CNC(C(=O)N1CCN(c2nc(C)cs2)CC1)c1cnn(C)c1.Cl.Cl. The molecule has 10 heteroatoms. The van der Waals surface area contributed by atoms with E-state index in [2.05, 4.69) is 25.7 Å². The zero-order chi connectivity index (χ0) is 16.4. The van der Waals surface area contributed by atoms with E-state index < -0.39 is 0 Å². The van der Waals surface area contributed by atoms with E-state index in [9.17, 15) is 4.79 Å². The first-order valence-electron chi connectivity index (χ1n) is 7.70. The molecule has 1 amide bonds. The van der Waals surface area contributed by atoms with Gasteiger partial charge in [-0.1, -0.05) is 0 Å². The van der Waals surface area contributed by atoms with Crippen LogP contribution in [0.1, 0.15) is 17.3 Å². The van der Waals surface area contributed by atoms with Crippen LogP contribution in [0.3, 0.4) is 0 Å². The summed E-state index contributed by atoms with van der Waals surface area (Å²) in [6.45, 7) is 5.08. The Labute approximate surface area is 164 Å². The number of hydrogen-bond donors (Lipinski definition) is 1. The summed E-state index contributed by atoms with van der Waals surface area (Å²) < 4.78 is 1.72. The molecule has 3 rings (SSSR count). The van der Waals surface area contributed by atoms with Crippen LogP contribution >= 0.6 is 36.2 Å². The first kappa shape index (κ1) is 21.7. The maximum atomic E-state index is 12.8. The summed E-state index contributed by atoms with van der Waals surface area (Å²) >= 11 is 1.66. The van der Waals surface area contributed by atoms with Crippen LogP contribution in [-0.4, -0.2) is 58.8 Å². The van der Waals surface area contributed by atoms with Crippen molar-refractivity contribution >= 4 is 47.2 Å². The average molecular weight is 407 g/mol. The molecule has 25 heavy (non-hydrogen) atoms. The summed E-state index contributed by atoms with van der Waals surface area (Å²) in [5, 5.41) is 10.4. The number of rotatable bonds is 4. The monoisotopic (exact) mass is 406 g/mol. The van der Waals surface area contributed by atoms with Gasteiger partial charge >= 0.3 is 0 Å². The molecule has 1 N–H and O–H groups in total. The van der Waals surface area contributed by atoms with Crippen molar-refractivity contribution in [3.05, 3.63) is 29.0 Å². The number of nitrogens with zero attached hydrogens (tertiary/aromatic N) is 5. The number of likely N-dealkylation sites (N-methyl/N-ethyl adjacent to an activating group) is 1. The minimum absolute atomic E-state index is 0. The molecule has 0 aliphatic carbocycles. The van der Waals surface area contributed by atoms with E-state index in [1.54, 1.807) is 22.2 Å². The van der Waals surface area contributed by atoms with Crippen molar-refractivity contribution in [2.24, 2.45) is 7.05 Å². The van der Waals surface area contributed by atoms with Gasteiger partial charge in [0, 0.05) is 50.4 Å². The Kier molecular flexibility index (Phi) is 8.14. The summed E-state index contributed by atoms with van der Waals surface area (Å²) in [6, 6.07) is -0.336. The average Bonchev–Trinajstić information content (AvgIpc) is 3.17. The largest absolute Gasteiger partial charge is 0.345 e. The minimum Gasteiger partial charge on any atom is -0.345 e. The second-order valence-electron chi connectivity index (χ2n) is 5.75. The number of halogens is 2. The highest BCUT2D eigenvalue weighted by atomic mass is 35.5. The van der Waals surface area contributed by atoms with Gasteiger partial charge in [-0.3, -0.25) is 9.48 Å². The number of nitrogens with one attached hydrogen (secondary N) is 1. The molecule has 1 fully saturated rings. The van der Waals surface area contributed by atoms with Crippen molar-refractivity contribution in [2.45, 2.75) is 13.0 Å². The molecule has 140 valence electrons. The number of aromatic nitrogens is 3. The minimum atomic E-state index is -0.336. The predicted molar refractivity (Wildman–Crippen MR) is 105 cm³/mol. The van der Waals surface area contributed by atoms with Gasteiger partial charge in [0.25, 0.3) is 0 Å². The standard InChI is InChI=1S/C15H22N6OS.2ClH/c1-11-10-23-15(18-11)21-6-4-20(5-7-21)14(22)13(16-2)12-8-17-19(3)9-12;;/h8-10,13,16H,4-7H2,1-3H3;2*1H. The number of aryl methyl sites for hydroxylation is 2. The molecule has 1 unspecified atom stereocenters. The predicted octanol–water partition coefficient (Wildman–Crippen LogP) is 1.64. The van der Waals surface area contributed by atoms with E-state index in [-0.39, 0.29) is 36.8 Å². The Bertz CT molecular complexity index is 683. The fraction of sp³-hybridized carbons (Fsp3) is 0.533. The molecule has 7 nitrogen and oxygen atoms in total. The number of hydrogen-bond acceptors (Lipinski definition) is 6. The van der Waals surface area contributed by atoms with Gasteiger partial charge in [0.1, 0.15) is 6.04 Å². The molecule has 2 aromatic rings. The number of carbonyl (C=O) groups excluding carboxylic acids is 1. The lowest BCUT2D eigenvalue weighted by molar-refractivity contribution is -0.133. The number of thiazole rings is 1. The normalized spacial score (nSPS) is 15.3. The van der Waals surface area contributed by atoms with Gasteiger partial charge in [-0.25, -0.2) is 4.98 Å². The van der Waals surface area contributed by atoms with Gasteiger partial charge in [0.2, 0.25) is 5.91 Å². The molecular weight excluding hydrogens is 383 g/mol. The summed E-state index contributed by atoms with van der Waals surface area (Å²) in [6.07, 6.45) is 3.63. The van der Waals surface area contributed by atoms with Crippen LogP contribution in [0.2, 0.25) is 0 Å². The third kappa shape index (κ3) is 4.84. The van der Waals surface area contributed by atoms with Crippen molar-refractivity contribution in [3.8, 4) is 0 Å². The first-order valence-corrected chi connectivity index (χ1v) is 8.58. The number of carbonyl (C=O) groups is 1. The zero-order valence-electron chi connectivity index (χ0n) is 14.5. The molecule has 1 saturated heterocycles. The van der Waals surface area contributed by atoms with Gasteiger partial charge < -0.3 is 15.1 Å². The third-order valence-corrected chi connectivity index (χ3v) is 5.08. The van der Waals surface area contributed by atoms with E-state index in [1.165, 1.54) is 0 Å². The Morgan fingerprint density at radius 2 is 1.96 bits per heavy atom. The molecule has 3 heterocycles. The Hall–Kier alpha value is -1.35. The third-order valence-electron chi connectivity index (χ3n) is 4.06. The summed E-state index contributed by atoms with van der Waals surface area (Å²) in [5.74, 6) is 0.107. The van der Waals surface area contributed by atoms with Crippen LogP contribution in [0.25, 0.3) is 0 Å². The fourth-order valence-corrected chi connectivity index (χ4v) is 3.67. The fourth-order valence-electron chi connectivity index (χ4n) is 2.81. The van der Waals surface area contributed by atoms with E-state index >= 15 is 0 Å². The Balaban J connectivity index is 0.00000156. The number of piperazine rings is 1. The summed E-state index contributed by atoms with van der Waals surface area (Å²) in [4.78, 5) is 21.5. The van der Waals surface area contributed by atoms with E-state index in [0.717, 1.165) is 42.6 Å². The smallest absolute Gasteiger partial charge is 0.244 e. The molecular formula is C15H24Cl2N6OS. The first-order chi connectivity index (χ1) is 11.1. The topological polar surface area (TPSA) is 66.3 Å². The van der Waals surface area contributed by atoms with Crippen LogP contribution in [0.15, 0.2) is 17.8 Å². The highest BCUT2D eigenvalue weighted by Crippen LogP contribution is 2.22. The van der Waals surface area contributed by atoms with Crippen molar-refractivity contribution in [1.82, 2.24) is 25.0 Å². The van der Waals surface area contributed by atoms with Crippen LogP contribution < -0.4 is 10.2 Å². The summed E-state index contributed by atoms with van der Waals surface area (Å²) in [7, 11) is 3.67. The molecule has 0 spiro atoms. The van der Waals surface area contributed by atoms with Crippen LogP contribution in [0, 0.1) is 6.92 Å². The quantitative estimate of drug-likeness (QED) is 0.835. The molecule has 0 saturated carbocycles. The maximum absolute atomic E-state index is 12.8. The van der Waals surface area contributed by atoms with E-state index in [0.29, 0.717) is 0 Å². The second kappa shape index (κ2) is 9.38. The lowest BCUT2D eigenvalue weighted by atomic mass is 10.1. The summed E-state index contributed by atoms with van der Waals surface area (Å²) in [5.41, 5.74) is 1.95. The highest BCUT2D eigenvalue weighted by Gasteiger charge is 2.29. The molecule has 0 radical (unpaired) electrons. The maximum Gasteiger partial charge on any atom is 0.244 e. The lowest BCUT2D eigenvalue weighted by Gasteiger charge is -2.36. The van der Waals surface area contributed by atoms with Gasteiger partial charge in [-0.15, -0.1) is 36.2 Å². The molecule has 2 aromatic heterocycles. The van der Waals surface area contributed by atoms with E-state index in [1.807, 2.05) is 32.1 Å². The van der Waals surface area contributed by atoms with Crippen molar-refractivity contribution in [1.29, 1.82) is 0 Å². The Morgan fingerprint density at radius 3 is 2.44 bits per heavy atom. The lowest BCUT2D eigenvalue weighted by Crippen LogP contribution is -2.51. The van der Waals surface area contributed by atoms with Crippen molar-refractivity contribution in [2.75, 3.05) is 38.1 Å². The van der Waals surface area contributed by atoms with Crippen LogP contribution in [0.5, 0.6) is 0 Å². The molecule has 1 atom stereocenters. The highest BCUT2D eigenvalue weighted by molar-refractivity contribution is 7.13. The zero-order valence-corrected chi connectivity index (χ0v) is 17.0. The molecule has 1 aliphatic rings. The second-order valence-corrected chi connectivity index (χ2v) is 6.59. The van der Waals surface area contributed by atoms with Gasteiger partial charge in [0.05, 0.1) is 11.9 Å². The molecule has 0 bridgehead atoms. The van der Waals surface area contributed by atoms with Crippen molar-refractivity contribution < 1.29 is 4.79 Å². The van der Waals surface area contributed by atoms with Gasteiger partial charge in [0.15, 0.2) is 5.13 Å². The number of anilines is 1. The van der Waals surface area contributed by atoms with E-state index in [4.69, 9.17) is 0 Å². The Morgan fingerprint density at radius 1 is 1.28 bits per heavy atom. The molecule has 0 aromatic carbocycles. The van der Waals surface area contributed by atoms with Gasteiger partial charge in [-0.05, 0) is 14.0 Å². The molecule has 1 aliphatic heterocycles.